The summed E-state index contributed by atoms with van der Waals surface area (Å²) in [7, 11) is -1.69. The van der Waals surface area contributed by atoms with Crippen molar-refractivity contribution in [2.45, 2.75) is 25.8 Å². The maximum absolute atomic E-state index is 11.6. The first-order chi connectivity index (χ1) is 7.55. The number of hydrogen-bond donors (Lipinski definition) is 2. The molecule has 96 valence electrons. The van der Waals surface area contributed by atoms with Crippen LogP contribution < -0.4 is 10.0 Å². The third kappa shape index (κ3) is 4.78. The summed E-state index contributed by atoms with van der Waals surface area (Å²) in [6.45, 7) is 4.11. The van der Waals surface area contributed by atoms with Crippen LogP contribution in [0.1, 0.15) is 19.8 Å². The van der Waals surface area contributed by atoms with E-state index in [4.69, 9.17) is 4.74 Å². The highest BCUT2D eigenvalue weighted by molar-refractivity contribution is 7.89. The van der Waals surface area contributed by atoms with Crippen molar-refractivity contribution in [2.24, 2.45) is 5.92 Å². The fourth-order valence-electron chi connectivity index (χ4n) is 1.94. The van der Waals surface area contributed by atoms with E-state index in [2.05, 4.69) is 10.0 Å². The summed E-state index contributed by atoms with van der Waals surface area (Å²) in [5, 5.41) is 3.29. The van der Waals surface area contributed by atoms with Gasteiger partial charge in [-0.1, -0.05) is 0 Å². The smallest absolute Gasteiger partial charge is 0.214 e. The average molecular weight is 250 g/mol. The number of ether oxygens (including phenoxy) is 1. The van der Waals surface area contributed by atoms with E-state index in [1.165, 1.54) is 7.11 Å². The molecule has 0 aromatic heterocycles. The van der Waals surface area contributed by atoms with Crippen LogP contribution in [-0.4, -0.2) is 47.0 Å². The second kappa shape index (κ2) is 6.54. The predicted molar refractivity (Wildman–Crippen MR) is 63.9 cm³/mol. The fourth-order valence-corrected chi connectivity index (χ4v) is 3.20. The molecule has 1 fully saturated rings. The van der Waals surface area contributed by atoms with Crippen LogP contribution in [0.25, 0.3) is 0 Å². The van der Waals surface area contributed by atoms with Crippen LogP contribution in [0.5, 0.6) is 0 Å². The van der Waals surface area contributed by atoms with E-state index in [0.29, 0.717) is 5.92 Å². The lowest BCUT2D eigenvalue weighted by atomic mass is 9.94. The second-order valence-corrected chi connectivity index (χ2v) is 6.20. The van der Waals surface area contributed by atoms with Crippen LogP contribution in [-0.2, 0) is 14.8 Å². The number of methoxy groups -OCH3 is 1. The third-order valence-electron chi connectivity index (χ3n) is 2.96. The summed E-state index contributed by atoms with van der Waals surface area (Å²) in [4.78, 5) is 0. The molecule has 1 aliphatic rings. The lowest BCUT2D eigenvalue weighted by Gasteiger charge is -2.28. The standard InChI is InChI=1S/C10H22N2O3S/c1-9(10-4-3-5-11-8-10)12-16(13,14)7-6-15-2/h9-12H,3-8H2,1-2H3. The Morgan fingerprint density at radius 2 is 2.31 bits per heavy atom. The van der Waals surface area contributed by atoms with Gasteiger partial charge < -0.3 is 10.1 Å². The number of nitrogens with one attached hydrogen (secondary N) is 2. The Hall–Kier alpha value is -0.170. The first kappa shape index (κ1) is 13.9. The van der Waals surface area contributed by atoms with Gasteiger partial charge in [0.1, 0.15) is 0 Å². The molecule has 2 unspecified atom stereocenters. The highest BCUT2D eigenvalue weighted by atomic mass is 32.2. The van der Waals surface area contributed by atoms with Crippen molar-refractivity contribution >= 4 is 10.0 Å². The van der Waals surface area contributed by atoms with Crippen LogP contribution in [0.3, 0.4) is 0 Å². The molecule has 1 rings (SSSR count). The van der Waals surface area contributed by atoms with Crippen molar-refractivity contribution < 1.29 is 13.2 Å². The molecule has 1 saturated heterocycles. The minimum Gasteiger partial charge on any atom is -0.384 e. The first-order valence-electron chi connectivity index (χ1n) is 5.75. The molecule has 1 aliphatic heterocycles. The predicted octanol–water partition coefficient (Wildman–Crippen LogP) is -0.0597. The number of sulfonamides is 1. The minimum absolute atomic E-state index is 0.00495. The van der Waals surface area contributed by atoms with E-state index in [0.717, 1.165) is 25.9 Å². The first-order valence-corrected chi connectivity index (χ1v) is 7.40. The Balaban J connectivity index is 2.39. The lowest BCUT2D eigenvalue weighted by Crippen LogP contribution is -2.45. The van der Waals surface area contributed by atoms with E-state index in [1.807, 2.05) is 6.92 Å². The van der Waals surface area contributed by atoms with Gasteiger partial charge in [-0.15, -0.1) is 0 Å². The topological polar surface area (TPSA) is 67.4 Å². The maximum atomic E-state index is 11.6. The van der Waals surface area contributed by atoms with Crippen LogP contribution >= 0.6 is 0 Å². The van der Waals surface area contributed by atoms with Crippen molar-refractivity contribution in [3.05, 3.63) is 0 Å². The molecule has 2 N–H and O–H groups in total. The zero-order valence-corrected chi connectivity index (χ0v) is 10.8. The summed E-state index contributed by atoms with van der Waals surface area (Å²) in [5.41, 5.74) is 0. The van der Waals surface area contributed by atoms with Crippen molar-refractivity contribution in [3.8, 4) is 0 Å². The van der Waals surface area contributed by atoms with Gasteiger partial charge in [-0.3, -0.25) is 0 Å². The van der Waals surface area contributed by atoms with Crippen LogP contribution in [0.2, 0.25) is 0 Å². The molecule has 0 aliphatic carbocycles. The quantitative estimate of drug-likeness (QED) is 0.693. The number of rotatable bonds is 6. The normalized spacial score (nSPS) is 24.2. The van der Waals surface area contributed by atoms with Gasteiger partial charge in [0.05, 0.1) is 12.4 Å². The summed E-state index contributed by atoms with van der Waals surface area (Å²) in [6, 6.07) is -0.00495. The van der Waals surface area contributed by atoms with Crippen LogP contribution in [0, 0.1) is 5.92 Å². The van der Waals surface area contributed by atoms with Gasteiger partial charge in [0.2, 0.25) is 10.0 Å². The molecular formula is C10H22N2O3S. The second-order valence-electron chi connectivity index (χ2n) is 4.32. The zero-order valence-electron chi connectivity index (χ0n) is 10.0. The van der Waals surface area contributed by atoms with Gasteiger partial charge in [0.25, 0.3) is 0 Å². The SMILES string of the molecule is COCCS(=O)(=O)NC(C)C1CCCNC1. The largest absolute Gasteiger partial charge is 0.384 e. The molecule has 0 saturated carbocycles. The summed E-state index contributed by atoms with van der Waals surface area (Å²) < 4.78 is 30.7. The lowest BCUT2D eigenvalue weighted by molar-refractivity contribution is 0.216. The summed E-state index contributed by atoms with van der Waals surface area (Å²) in [5.74, 6) is 0.430. The van der Waals surface area contributed by atoms with Gasteiger partial charge in [-0.2, -0.15) is 0 Å². The molecular weight excluding hydrogens is 228 g/mol. The molecule has 0 spiro atoms. The molecule has 0 radical (unpaired) electrons. The summed E-state index contributed by atoms with van der Waals surface area (Å²) in [6.07, 6.45) is 2.20. The molecule has 2 atom stereocenters. The average Bonchev–Trinajstić information content (AvgIpc) is 2.27. The zero-order chi connectivity index (χ0) is 12.0. The van der Waals surface area contributed by atoms with Crippen LogP contribution in [0.15, 0.2) is 0 Å². The Labute approximate surface area is 98.0 Å². The van der Waals surface area contributed by atoms with E-state index in [1.54, 1.807) is 0 Å². The van der Waals surface area contributed by atoms with Gasteiger partial charge in [0, 0.05) is 13.2 Å². The Kier molecular flexibility index (Phi) is 5.68. The van der Waals surface area contributed by atoms with E-state index >= 15 is 0 Å². The third-order valence-corrected chi connectivity index (χ3v) is 4.40. The Morgan fingerprint density at radius 1 is 1.56 bits per heavy atom. The Bertz CT molecular complexity index is 286. The van der Waals surface area contributed by atoms with Gasteiger partial charge in [-0.25, -0.2) is 13.1 Å². The monoisotopic (exact) mass is 250 g/mol. The van der Waals surface area contributed by atoms with E-state index in [9.17, 15) is 8.42 Å². The molecule has 6 heteroatoms. The van der Waals surface area contributed by atoms with Crippen molar-refractivity contribution in [3.63, 3.8) is 0 Å². The maximum Gasteiger partial charge on any atom is 0.214 e. The van der Waals surface area contributed by atoms with Crippen molar-refractivity contribution in [1.29, 1.82) is 0 Å². The minimum atomic E-state index is -3.20. The van der Waals surface area contributed by atoms with Gasteiger partial charge in [-0.05, 0) is 38.8 Å². The molecule has 16 heavy (non-hydrogen) atoms. The fraction of sp³-hybridized carbons (Fsp3) is 1.00. The Morgan fingerprint density at radius 3 is 2.88 bits per heavy atom. The van der Waals surface area contributed by atoms with E-state index < -0.39 is 10.0 Å². The molecule has 1 heterocycles. The highest BCUT2D eigenvalue weighted by Crippen LogP contribution is 2.14. The van der Waals surface area contributed by atoms with Crippen molar-refractivity contribution in [2.75, 3.05) is 32.6 Å². The van der Waals surface area contributed by atoms with E-state index in [-0.39, 0.29) is 18.4 Å². The van der Waals surface area contributed by atoms with Crippen LogP contribution in [0.4, 0.5) is 0 Å². The molecule has 0 bridgehead atoms. The molecule has 0 aromatic rings. The number of piperidine rings is 1. The molecule has 0 aromatic carbocycles. The number of hydrogen-bond acceptors (Lipinski definition) is 4. The summed E-state index contributed by atoms with van der Waals surface area (Å²) >= 11 is 0. The van der Waals surface area contributed by atoms with Crippen molar-refractivity contribution in [1.82, 2.24) is 10.0 Å². The van der Waals surface area contributed by atoms with Gasteiger partial charge >= 0.3 is 0 Å². The highest BCUT2D eigenvalue weighted by Gasteiger charge is 2.23. The molecule has 5 nitrogen and oxygen atoms in total. The molecule has 0 amide bonds. The van der Waals surface area contributed by atoms with Gasteiger partial charge in [0.15, 0.2) is 0 Å².